The zero-order chi connectivity index (χ0) is 21.0. The molecule has 0 bridgehead atoms. The van der Waals surface area contributed by atoms with Crippen LogP contribution in [0, 0.1) is 0 Å². The van der Waals surface area contributed by atoms with Crippen LogP contribution in [0.1, 0.15) is 42.5 Å². The summed E-state index contributed by atoms with van der Waals surface area (Å²) in [6.45, 7) is -0.265. The Morgan fingerprint density at radius 2 is 1.86 bits per heavy atom. The predicted octanol–water partition coefficient (Wildman–Crippen LogP) is 1.90. The summed E-state index contributed by atoms with van der Waals surface area (Å²) in [5.74, 6) is -0.737. The topological polar surface area (TPSA) is 102 Å². The van der Waals surface area contributed by atoms with Crippen molar-refractivity contribution in [2.75, 3.05) is 5.32 Å². The standard InChI is InChI=1S/C20H23ClN4O4/c1-24-18(27)9-10-25(20(24)29)12-17(26)22-14-7-8-16(21)15(11-14)19(28)23-13-5-3-2-4-6-13/h7-11,13H,2-6,12H2,1H3,(H,22,26)(H,23,28). The van der Waals surface area contributed by atoms with Gasteiger partial charge in [-0.2, -0.15) is 0 Å². The molecule has 2 aromatic rings. The quantitative estimate of drug-likeness (QED) is 0.774. The van der Waals surface area contributed by atoms with E-state index in [1.165, 1.54) is 31.8 Å². The molecule has 29 heavy (non-hydrogen) atoms. The van der Waals surface area contributed by atoms with Crippen LogP contribution < -0.4 is 21.9 Å². The molecule has 8 nitrogen and oxygen atoms in total. The number of aromatic nitrogens is 2. The van der Waals surface area contributed by atoms with Gasteiger partial charge >= 0.3 is 5.69 Å². The van der Waals surface area contributed by atoms with Crippen molar-refractivity contribution in [2.24, 2.45) is 7.05 Å². The van der Waals surface area contributed by atoms with Gasteiger partial charge < -0.3 is 10.6 Å². The maximum atomic E-state index is 12.6. The second kappa shape index (κ2) is 9.09. The summed E-state index contributed by atoms with van der Waals surface area (Å²) in [4.78, 5) is 48.4. The highest BCUT2D eigenvalue weighted by Crippen LogP contribution is 2.22. The molecule has 1 heterocycles. The number of benzene rings is 1. The third-order valence-electron chi connectivity index (χ3n) is 5.01. The van der Waals surface area contributed by atoms with E-state index in [9.17, 15) is 19.2 Å². The van der Waals surface area contributed by atoms with Crippen LogP contribution in [-0.2, 0) is 18.4 Å². The zero-order valence-corrected chi connectivity index (χ0v) is 16.9. The molecule has 154 valence electrons. The summed E-state index contributed by atoms with van der Waals surface area (Å²) in [7, 11) is 1.34. The van der Waals surface area contributed by atoms with Crippen molar-refractivity contribution >= 4 is 29.1 Å². The lowest BCUT2D eigenvalue weighted by Crippen LogP contribution is -2.39. The lowest BCUT2D eigenvalue weighted by molar-refractivity contribution is -0.116. The smallest absolute Gasteiger partial charge is 0.331 e. The molecule has 0 aliphatic heterocycles. The molecule has 0 radical (unpaired) electrons. The number of anilines is 1. The Morgan fingerprint density at radius 3 is 2.59 bits per heavy atom. The van der Waals surface area contributed by atoms with Crippen LogP contribution in [0.25, 0.3) is 0 Å². The molecule has 0 spiro atoms. The van der Waals surface area contributed by atoms with Gasteiger partial charge in [0, 0.05) is 31.0 Å². The molecule has 0 saturated heterocycles. The summed E-state index contributed by atoms with van der Waals surface area (Å²) in [6, 6.07) is 6.00. The molecule has 1 aromatic heterocycles. The largest absolute Gasteiger partial charge is 0.349 e. The van der Waals surface area contributed by atoms with Gasteiger partial charge in [-0.15, -0.1) is 0 Å². The number of nitrogens with zero attached hydrogens (tertiary/aromatic N) is 2. The normalized spacial score (nSPS) is 14.4. The van der Waals surface area contributed by atoms with Gasteiger partial charge in [0.25, 0.3) is 11.5 Å². The van der Waals surface area contributed by atoms with E-state index in [0.717, 1.165) is 34.8 Å². The van der Waals surface area contributed by atoms with Crippen molar-refractivity contribution in [1.29, 1.82) is 0 Å². The zero-order valence-electron chi connectivity index (χ0n) is 16.1. The number of amides is 2. The van der Waals surface area contributed by atoms with Gasteiger partial charge in [0.15, 0.2) is 0 Å². The molecule has 2 N–H and O–H groups in total. The number of carbonyl (C=O) groups excluding carboxylic acids is 2. The van der Waals surface area contributed by atoms with Crippen LogP contribution in [0.15, 0.2) is 40.1 Å². The third-order valence-corrected chi connectivity index (χ3v) is 5.34. The lowest BCUT2D eigenvalue weighted by atomic mass is 9.95. The Bertz CT molecular complexity index is 1040. The minimum absolute atomic E-state index is 0.141. The number of halogens is 1. The van der Waals surface area contributed by atoms with Gasteiger partial charge in [0.1, 0.15) is 6.54 Å². The fourth-order valence-electron chi connectivity index (χ4n) is 3.38. The van der Waals surface area contributed by atoms with E-state index in [1.807, 2.05) is 0 Å². The van der Waals surface area contributed by atoms with Crippen molar-refractivity contribution in [2.45, 2.75) is 44.7 Å². The average molecular weight is 419 g/mol. The molecule has 0 unspecified atom stereocenters. The van der Waals surface area contributed by atoms with Crippen LogP contribution in [-0.4, -0.2) is 27.0 Å². The van der Waals surface area contributed by atoms with E-state index in [1.54, 1.807) is 12.1 Å². The fraction of sp³-hybridized carbons (Fsp3) is 0.400. The van der Waals surface area contributed by atoms with Gasteiger partial charge in [-0.05, 0) is 31.0 Å². The first-order valence-electron chi connectivity index (χ1n) is 9.52. The van der Waals surface area contributed by atoms with Crippen LogP contribution >= 0.6 is 11.6 Å². The number of rotatable bonds is 5. The molecular weight excluding hydrogens is 396 g/mol. The fourth-order valence-corrected chi connectivity index (χ4v) is 3.58. The first-order chi connectivity index (χ1) is 13.8. The summed E-state index contributed by atoms with van der Waals surface area (Å²) >= 11 is 6.18. The SMILES string of the molecule is Cn1c(=O)ccn(CC(=O)Nc2ccc(Cl)c(C(=O)NC3CCCCC3)c2)c1=O. The number of hydrogen-bond donors (Lipinski definition) is 2. The van der Waals surface area contributed by atoms with Crippen LogP contribution in [0.3, 0.4) is 0 Å². The van der Waals surface area contributed by atoms with Crippen LogP contribution in [0.2, 0.25) is 5.02 Å². The van der Waals surface area contributed by atoms with E-state index < -0.39 is 17.2 Å². The van der Waals surface area contributed by atoms with Crippen molar-refractivity contribution in [3.8, 4) is 0 Å². The highest BCUT2D eigenvalue weighted by Gasteiger charge is 2.19. The highest BCUT2D eigenvalue weighted by atomic mass is 35.5. The first-order valence-corrected chi connectivity index (χ1v) is 9.89. The Hall–Kier alpha value is -2.87. The molecular formula is C20H23ClN4O4. The van der Waals surface area contributed by atoms with Gasteiger partial charge in [-0.25, -0.2) is 4.79 Å². The summed E-state index contributed by atoms with van der Waals surface area (Å²) in [5.41, 5.74) is -0.352. The van der Waals surface area contributed by atoms with E-state index in [4.69, 9.17) is 11.6 Å². The van der Waals surface area contributed by atoms with Crippen LogP contribution in [0.4, 0.5) is 5.69 Å². The van der Waals surface area contributed by atoms with Crippen molar-refractivity contribution < 1.29 is 9.59 Å². The summed E-state index contributed by atoms with van der Waals surface area (Å²) in [5, 5.41) is 5.95. The predicted molar refractivity (Wildman–Crippen MR) is 110 cm³/mol. The number of carbonyl (C=O) groups is 2. The molecule has 1 fully saturated rings. The first kappa shape index (κ1) is 20.9. The third kappa shape index (κ3) is 5.14. The van der Waals surface area contributed by atoms with E-state index in [-0.39, 0.29) is 24.1 Å². The minimum Gasteiger partial charge on any atom is -0.349 e. The average Bonchev–Trinajstić information content (AvgIpc) is 2.70. The van der Waals surface area contributed by atoms with Crippen LogP contribution in [0.5, 0.6) is 0 Å². The molecule has 1 aliphatic rings. The minimum atomic E-state index is -0.587. The Labute approximate surface area is 172 Å². The van der Waals surface area contributed by atoms with Gasteiger partial charge in [0.05, 0.1) is 10.6 Å². The Morgan fingerprint density at radius 1 is 1.14 bits per heavy atom. The molecule has 9 heteroatoms. The lowest BCUT2D eigenvalue weighted by Gasteiger charge is -2.23. The van der Waals surface area contributed by atoms with Gasteiger partial charge in [-0.3, -0.25) is 23.5 Å². The molecule has 0 atom stereocenters. The Kier molecular flexibility index (Phi) is 6.53. The maximum absolute atomic E-state index is 12.6. The molecule has 2 amide bonds. The van der Waals surface area contributed by atoms with Gasteiger partial charge in [0.2, 0.25) is 5.91 Å². The maximum Gasteiger partial charge on any atom is 0.331 e. The Balaban J connectivity index is 1.69. The van der Waals surface area contributed by atoms with Gasteiger partial charge in [-0.1, -0.05) is 30.9 Å². The van der Waals surface area contributed by atoms with E-state index in [0.29, 0.717) is 10.7 Å². The second-order valence-electron chi connectivity index (χ2n) is 7.17. The molecule has 3 rings (SSSR count). The number of nitrogens with one attached hydrogen (secondary N) is 2. The summed E-state index contributed by atoms with van der Waals surface area (Å²) < 4.78 is 2.05. The monoisotopic (exact) mass is 418 g/mol. The van der Waals surface area contributed by atoms with Crippen molar-refractivity contribution in [3.63, 3.8) is 0 Å². The summed E-state index contributed by atoms with van der Waals surface area (Å²) in [6.07, 6.45) is 6.56. The molecule has 1 aliphatic carbocycles. The highest BCUT2D eigenvalue weighted by molar-refractivity contribution is 6.34. The number of hydrogen-bond acceptors (Lipinski definition) is 4. The van der Waals surface area contributed by atoms with E-state index in [2.05, 4.69) is 10.6 Å². The molecule has 1 aromatic carbocycles. The second-order valence-corrected chi connectivity index (χ2v) is 7.58. The molecule has 1 saturated carbocycles. The van der Waals surface area contributed by atoms with Crippen molar-refractivity contribution in [1.82, 2.24) is 14.5 Å². The van der Waals surface area contributed by atoms with Crippen molar-refractivity contribution in [3.05, 3.63) is 61.9 Å². The van der Waals surface area contributed by atoms with E-state index >= 15 is 0 Å².